The standard InChI is InChI=1S/C10H19NO/c1-10(4-7-12-8-5-10)9-3-2-6-11-9/h9,11H,2-8H2,1H3. The average molecular weight is 169 g/mol. The molecule has 70 valence electrons. The Morgan fingerprint density at radius 3 is 2.67 bits per heavy atom. The van der Waals surface area contributed by atoms with Gasteiger partial charge in [0.05, 0.1) is 0 Å². The Bertz CT molecular complexity index is 146. The van der Waals surface area contributed by atoms with Crippen molar-refractivity contribution in [2.24, 2.45) is 5.41 Å². The smallest absolute Gasteiger partial charge is 0.0471 e. The minimum atomic E-state index is 0.523. The normalized spacial score (nSPS) is 35.2. The van der Waals surface area contributed by atoms with Crippen molar-refractivity contribution in [3.8, 4) is 0 Å². The number of rotatable bonds is 1. The first-order valence-electron chi connectivity index (χ1n) is 5.12. The summed E-state index contributed by atoms with van der Waals surface area (Å²) in [4.78, 5) is 0. The van der Waals surface area contributed by atoms with Crippen molar-refractivity contribution < 1.29 is 4.74 Å². The first kappa shape index (κ1) is 8.52. The lowest BCUT2D eigenvalue weighted by Crippen LogP contribution is -2.43. The molecule has 2 heteroatoms. The molecule has 1 atom stereocenters. The van der Waals surface area contributed by atoms with Gasteiger partial charge in [-0.05, 0) is 37.6 Å². The Morgan fingerprint density at radius 1 is 1.33 bits per heavy atom. The van der Waals surface area contributed by atoms with Crippen LogP contribution in [0.4, 0.5) is 0 Å². The zero-order chi connectivity index (χ0) is 8.44. The van der Waals surface area contributed by atoms with E-state index in [1.165, 1.54) is 32.2 Å². The Labute approximate surface area is 74.7 Å². The molecule has 12 heavy (non-hydrogen) atoms. The highest BCUT2D eigenvalue weighted by atomic mass is 16.5. The van der Waals surface area contributed by atoms with Gasteiger partial charge >= 0.3 is 0 Å². The van der Waals surface area contributed by atoms with Crippen LogP contribution in [0.3, 0.4) is 0 Å². The van der Waals surface area contributed by atoms with Gasteiger partial charge in [-0.15, -0.1) is 0 Å². The maximum atomic E-state index is 5.40. The van der Waals surface area contributed by atoms with Crippen molar-refractivity contribution in [2.45, 2.75) is 38.6 Å². The number of hydrogen-bond donors (Lipinski definition) is 1. The Hall–Kier alpha value is -0.0800. The number of nitrogens with one attached hydrogen (secondary N) is 1. The van der Waals surface area contributed by atoms with Gasteiger partial charge in [0, 0.05) is 19.3 Å². The van der Waals surface area contributed by atoms with E-state index in [1.807, 2.05) is 0 Å². The van der Waals surface area contributed by atoms with E-state index in [9.17, 15) is 0 Å². The van der Waals surface area contributed by atoms with Crippen molar-refractivity contribution in [1.29, 1.82) is 0 Å². The van der Waals surface area contributed by atoms with Crippen LogP contribution in [0.15, 0.2) is 0 Å². The minimum absolute atomic E-state index is 0.523. The van der Waals surface area contributed by atoms with Crippen molar-refractivity contribution >= 4 is 0 Å². The van der Waals surface area contributed by atoms with E-state index in [4.69, 9.17) is 4.74 Å². The van der Waals surface area contributed by atoms with E-state index < -0.39 is 0 Å². The Balaban J connectivity index is 1.97. The van der Waals surface area contributed by atoms with Crippen molar-refractivity contribution in [3.05, 3.63) is 0 Å². The molecule has 2 fully saturated rings. The summed E-state index contributed by atoms with van der Waals surface area (Å²) in [6, 6.07) is 0.765. The van der Waals surface area contributed by atoms with Gasteiger partial charge in [-0.3, -0.25) is 0 Å². The Morgan fingerprint density at radius 2 is 2.08 bits per heavy atom. The zero-order valence-corrected chi connectivity index (χ0v) is 7.94. The molecule has 1 N–H and O–H groups in total. The Kier molecular flexibility index (Phi) is 2.37. The van der Waals surface area contributed by atoms with E-state index in [0.717, 1.165) is 19.3 Å². The fourth-order valence-corrected chi connectivity index (χ4v) is 2.47. The molecular formula is C10H19NO. The lowest BCUT2D eigenvalue weighted by atomic mass is 9.75. The summed E-state index contributed by atoms with van der Waals surface area (Å²) in [5, 5.41) is 3.61. The lowest BCUT2D eigenvalue weighted by Gasteiger charge is -2.38. The minimum Gasteiger partial charge on any atom is -0.381 e. The molecule has 1 unspecified atom stereocenters. The summed E-state index contributed by atoms with van der Waals surface area (Å²) in [7, 11) is 0. The maximum Gasteiger partial charge on any atom is 0.0471 e. The second-order valence-corrected chi connectivity index (χ2v) is 4.42. The molecule has 0 aliphatic carbocycles. The second kappa shape index (κ2) is 3.35. The van der Waals surface area contributed by atoms with Crippen LogP contribution in [0, 0.1) is 5.41 Å². The first-order chi connectivity index (χ1) is 5.81. The molecule has 2 aliphatic heterocycles. The molecule has 0 spiro atoms. The largest absolute Gasteiger partial charge is 0.381 e. The van der Waals surface area contributed by atoms with E-state index in [2.05, 4.69) is 12.2 Å². The van der Waals surface area contributed by atoms with Crippen molar-refractivity contribution in [3.63, 3.8) is 0 Å². The summed E-state index contributed by atoms with van der Waals surface area (Å²) in [5.74, 6) is 0. The molecule has 2 aliphatic rings. The van der Waals surface area contributed by atoms with Crippen LogP contribution < -0.4 is 5.32 Å². The molecule has 2 rings (SSSR count). The molecule has 2 nitrogen and oxygen atoms in total. The SMILES string of the molecule is CC1(C2CCCN2)CCOCC1. The van der Waals surface area contributed by atoms with Crippen molar-refractivity contribution in [1.82, 2.24) is 5.32 Å². The highest BCUT2D eigenvalue weighted by Gasteiger charge is 2.36. The third-order valence-electron chi connectivity index (χ3n) is 3.54. The number of ether oxygens (including phenoxy) is 1. The van der Waals surface area contributed by atoms with Crippen LogP contribution in [0.5, 0.6) is 0 Å². The molecule has 0 radical (unpaired) electrons. The lowest BCUT2D eigenvalue weighted by molar-refractivity contribution is 0.00750. The van der Waals surface area contributed by atoms with Crippen LogP contribution in [0.1, 0.15) is 32.6 Å². The van der Waals surface area contributed by atoms with E-state index in [1.54, 1.807) is 0 Å². The van der Waals surface area contributed by atoms with E-state index in [0.29, 0.717) is 5.41 Å². The summed E-state index contributed by atoms with van der Waals surface area (Å²) >= 11 is 0. The molecule has 0 aromatic carbocycles. The van der Waals surface area contributed by atoms with Gasteiger partial charge in [-0.25, -0.2) is 0 Å². The van der Waals surface area contributed by atoms with Crippen LogP contribution >= 0.6 is 0 Å². The van der Waals surface area contributed by atoms with Gasteiger partial charge in [-0.1, -0.05) is 6.92 Å². The fraction of sp³-hybridized carbons (Fsp3) is 1.00. The van der Waals surface area contributed by atoms with Crippen LogP contribution in [-0.4, -0.2) is 25.8 Å². The molecule has 0 bridgehead atoms. The fourth-order valence-electron chi connectivity index (χ4n) is 2.47. The topological polar surface area (TPSA) is 21.3 Å². The molecule has 0 saturated carbocycles. The van der Waals surface area contributed by atoms with Crippen LogP contribution in [0.25, 0.3) is 0 Å². The average Bonchev–Trinajstić information content (AvgIpc) is 2.58. The number of hydrogen-bond acceptors (Lipinski definition) is 2. The molecular weight excluding hydrogens is 150 g/mol. The summed E-state index contributed by atoms with van der Waals surface area (Å²) in [6.07, 6.45) is 5.22. The summed E-state index contributed by atoms with van der Waals surface area (Å²) in [6.45, 7) is 5.57. The molecule has 0 aromatic rings. The quantitative estimate of drug-likeness (QED) is 0.643. The molecule has 2 saturated heterocycles. The van der Waals surface area contributed by atoms with Crippen LogP contribution in [-0.2, 0) is 4.74 Å². The van der Waals surface area contributed by atoms with Crippen molar-refractivity contribution in [2.75, 3.05) is 19.8 Å². The predicted octanol–water partition coefficient (Wildman–Crippen LogP) is 1.56. The van der Waals surface area contributed by atoms with E-state index in [-0.39, 0.29) is 0 Å². The van der Waals surface area contributed by atoms with Gasteiger partial charge < -0.3 is 10.1 Å². The molecule has 0 amide bonds. The highest BCUT2D eigenvalue weighted by molar-refractivity contribution is 4.92. The van der Waals surface area contributed by atoms with Gasteiger partial charge in [0.2, 0.25) is 0 Å². The van der Waals surface area contributed by atoms with Crippen LogP contribution in [0.2, 0.25) is 0 Å². The third-order valence-corrected chi connectivity index (χ3v) is 3.54. The zero-order valence-electron chi connectivity index (χ0n) is 7.94. The second-order valence-electron chi connectivity index (χ2n) is 4.42. The molecule has 2 heterocycles. The van der Waals surface area contributed by atoms with Gasteiger partial charge in [-0.2, -0.15) is 0 Å². The summed E-state index contributed by atoms with van der Waals surface area (Å²) in [5.41, 5.74) is 0.523. The molecule has 0 aromatic heterocycles. The predicted molar refractivity (Wildman–Crippen MR) is 49.2 cm³/mol. The highest BCUT2D eigenvalue weighted by Crippen LogP contribution is 2.36. The first-order valence-corrected chi connectivity index (χ1v) is 5.12. The van der Waals surface area contributed by atoms with Gasteiger partial charge in [0.25, 0.3) is 0 Å². The summed E-state index contributed by atoms with van der Waals surface area (Å²) < 4.78 is 5.40. The van der Waals surface area contributed by atoms with Gasteiger partial charge in [0.15, 0.2) is 0 Å². The van der Waals surface area contributed by atoms with Gasteiger partial charge in [0.1, 0.15) is 0 Å². The maximum absolute atomic E-state index is 5.40. The third kappa shape index (κ3) is 1.50. The monoisotopic (exact) mass is 169 g/mol. The van der Waals surface area contributed by atoms with E-state index >= 15 is 0 Å².